The maximum Gasteiger partial charge on any atom is 0.230 e. The van der Waals surface area contributed by atoms with Crippen molar-refractivity contribution in [1.29, 1.82) is 0 Å². The Morgan fingerprint density at radius 2 is 2.08 bits per heavy atom. The summed E-state index contributed by atoms with van der Waals surface area (Å²) >= 11 is 6.06. The molecule has 1 aliphatic rings. The fraction of sp³-hybridized carbons (Fsp3) is 0.263. The molecule has 0 saturated carbocycles. The number of benzene rings is 2. The maximum atomic E-state index is 13.0. The summed E-state index contributed by atoms with van der Waals surface area (Å²) in [6.07, 6.45) is 0.146. The maximum absolute atomic E-state index is 13.0. The van der Waals surface area contributed by atoms with Gasteiger partial charge in [-0.1, -0.05) is 29.8 Å². The van der Waals surface area contributed by atoms with E-state index in [9.17, 15) is 9.59 Å². The molecule has 2 amide bonds. The summed E-state index contributed by atoms with van der Waals surface area (Å²) in [6, 6.07) is 12.7. The van der Waals surface area contributed by atoms with Crippen LogP contribution in [0.15, 0.2) is 42.5 Å². The number of likely N-dealkylation sites (N-methyl/N-ethyl adjacent to an activating group) is 1. The molecule has 25 heavy (non-hydrogen) atoms. The van der Waals surface area contributed by atoms with E-state index in [0.717, 1.165) is 11.1 Å². The number of nitrogens with zero attached hydrogens (tertiary/aromatic N) is 1. The molecular weight excluding hydrogens is 340 g/mol. The van der Waals surface area contributed by atoms with Gasteiger partial charge in [-0.3, -0.25) is 9.59 Å². The summed E-state index contributed by atoms with van der Waals surface area (Å²) in [5.41, 5.74) is 2.36. The van der Waals surface area contributed by atoms with E-state index < -0.39 is 5.92 Å². The van der Waals surface area contributed by atoms with E-state index in [2.05, 4.69) is 5.32 Å². The standard InChI is InChI=1S/C19H19ClN2O3/c1-22(11-12-9-13(20)7-8-17(12)25-2)19(24)15-10-18(23)21-16-6-4-3-5-14(15)16/h3-9,15H,10-11H2,1-2H3,(H,21,23). The number of rotatable bonds is 4. The molecule has 130 valence electrons. The topological polar surface area (TPSA) is 58.6 Å². The predicted octanol–water partition coefficient (Wildman–Crippen LogP) is 3.43. The minimum absolute atomic E-state index is 0.107. The van der Waals surface area contributed by atoms with E-state index in [1.807, 2.05) is 24.3 Å². The van der Waals surface area contributed by atoms with Crippen LogP contribution in [0.5, 0.6) is 5.75 Å². The molecule has 0 radical (unpaired) electrons. The Labute approximate surface area is 151 Å². The van der Waals surface area contributed by atoms with Crippen molar-refractivity contribution in [2.75, 3.05) is 19.5 Å². The number of halogens is 1. The Balaban J connectivity index is 1.84. The normalized spacial score (nSPS) is 16.0. The van der Waals surface area contributed by atoms with Crippen LogP contribution in [0.25, 0.3) is 0 Å². The minimum atomic E-state index is -0.486. The molecule has 5 nitrogen and oxygen atoms in total. The lowest BCUT2D eigenvalue weighted by molar-refractivity contribution is -0.134. The molecule has 1 unspecified atom stereocenters. The summed E-state index contributed by atoms with van der Waals surface area (Å²) in [6.45, 7) is 0.350. The van der Waals surface area contributed by atoms with Crippen molar-refractivity contribution < 1.29 is 14.3 Å². The van der Waals surface area contributed by atoms with Gasteiger partial charge in [-0.25, -0.2) is 0 Å². The van der Waals surface area contributed by atoms with E-state index in [1.54, 1.807) is 37.3 Å². The van der Waals surface area contributed by atoms with Gasteiger partial charge in [-0.05, 0) is 29.8 Å². The van der Waals surface area contributed by atoms with Crippen molar-refractivity contribution in [3.05, 3.63) is 58.6 Å². The smallest absolute Gasteiger partial charge is 0.230 e. The Kier molecular flexibility index (Phi) is 4.95. The molecule has 0 fully saturated rings. The number of methoxy groups -OCH3 is 1. The number of hydrogen-bond acceptors (Lipinski definition) is 3. The average Bonchev–Trinajstić information content (AvgIpc) is 2.60. The molecule has 0 saturated heterocycles. The molecule has 2 aromatic carbocycles. The number of ether oxygens (including phenoxy) is 1. The molecule has 6 heteroatoms. The third-order valence-corrected chi connectivity index (χ3v) is 4.56. The summed E-state index contributed by atoms with van der Waals surface area (Å²) in [7, 11) is 3.30. The largest absolute Gasteiger partial charge is 0.496 e. The van der Waals surface area contributed by atoms with Gasteiger partial charge in [-0.2, -0.15) is 0 Å². The monoisotopic (exact) mass is 358 g/mol. The highest BCUT2D eigenvalue weighted by molar-refractivity contribution is 6.30. The lowest BCUT2D eigenvalue weighted by atomic mass is 9.89. The van der Waals surface area contributed by atoms with Crippen LogP contribution in [0.2, 0.25) is 5.02 Å². The van der Waals surface area contributed by atoms with Crippen LogP contribution in [0, 0.1) is 0 Å². The average molecular weight is 359 g/mol. The van der Waals surface area contributed by atoms with Gasteiger partial charge >= 0.3 is 0 Å². The summed E-state index contributed by atoms with van der Waals surface area (Å²) in [5, 5.41) is 3.39. The minimum Gasteiger partial charge on any atom is -0.496 e. The van der Waals surface area contributed by atoms with E-state index in [-0.39, 0.29) is 18.2 Å². The molecule has 3 rings (SSSR count). The van der Waals surface area contributed by atoms with Gasteiger partial charge in [0.05, 0.1) is 13.0 Å². The number of nitrogens with one attached hydrogen (secondary N) is 1. The third-order valence-electron chi connectivity index (χ3n) is 4.32. The van der Waals surface area contributed by atoms with Crippen LogP contribution in [0.4, 0.5) is 5.69 Å². The van der Waals surface area contributed by atoms with Gasteiger partial charge in [-0.15, -0.1) is 0 Å². The van der Waals surface area contributed by atoms with Crippen LogP contribution in [-0.2, 0) is 16.1 Å². The first-order chi connectivity index (χ1) is 12.0. The number of carbonyl (C=O) groups excluding carboxylic acids is 2. The van der Waals surface area contributed by atoms with Gasteiger partial charge in [0.15, 0.2) is 0 Å². The number of anilines is 1. The zero-order valence-corrected chi connectivity index (χ0v) is 14.8. The van der Waals surface area contributed by atoms with Gasteiger partial charge in [0, 0.05) is 36.3 Å². The van der Waals surface area contributed by atoms with Crippen LogP contribution in [0.3, 0.4) is 0 Å². The van der Waals surface area contributed by atoms with Gasteiger partial charge < -0.3 is 15.0 Å². The first-order valence-electron chi connectivity index (χ1n) is 7.95. The van der Waals surface area contributed by atoms with Crippen LogP contribution >= 0.6 is 11.6 Å². The van der Waals surface area contributed by atoms with Gasteiger partial charge in [0.1, 0.15) is 5.75 Å². The van der Waals surface area contributed by atoms with E-state index in [1.165, 1.54) is 0 Å². The highest BCUT2D eigenvalue weighted by atomic mass is 35.5. The zero-order valence-electron chi connectivity index (χ0n) is 14.1. The Morgan fingerprint density at radius 3 is 2.84 bits per heavy atom. The molecule has 1 N–H and O–H groups in total. The Morgan fingerprint density at radius 1 is 1.32 bits per heavy atom. The molecule has 0 spiro atoms. The highest BCUT2D eigenvalue weighted by Gasteiger charge is 2.32. The van der Waals surface area contributed by atoms with Crippen molar-refractivity contribution >= 4 is 29.1 Å². The first-order valence-corrected chi connectivity index (χ1v) is 8.33. The quantitative estimate of drug-likeness (QED) is 0.910. The number of fused-ring (bicyclic) bond motifs is 1. The second kappa shape index (κ2) is 7.15. The summed E-state index contributed by atoms with van der Waals surface area (Å²) in [5.74, 6) is -0.0684. The van der Waals surface area contributed by atoms with E-state index >= 15 is 0 Å². The van der Waals surface area contributed by atoms with Crippen LogP contribution in [-0.4, -0.2) is 30.9 Å². The second-order valence-electron chi connectivity index (χ2n) is 6.04. The van der Waals surface area contributed by atoms with Crippen LogP contribution < -0.4 is 10.1 Å². The van der Waals surface area contributed by atoms with Crippen molar-refractivity contribution in [2.45, 2.75) is 18.9 Å². The van der Waals surface area contributed by atoms with Gasteiger partial charge in [0.25, 0.3) is 0 Å². The van der Waals surface area contributed by atoms with Crippen molar-refractivity contribution in [3.8, 4) is 5.75 Å². The first kappa shape index (κ1) is 17.3. The summed E-state index contributed by atoms with van der Waals surface area (Å²) < 4.78 is 5.34. The lowest BCUT2D eigenvalue weighted by Gasteiger charge is -2.29. The van der Waals surface area contributed by atoms with Crippen molar-refractivity contribution in [2.24, 2.45) is 0 Å². The highest BCUT2D eigenvalue weighted by Crippen LogP contribution is 2.34. The van der Waals surface area contributed by atoms with Crippen molar-refractivity contribution in [1.82, 2.24) is 4.90 Å². The fourth-order valence-corrected chi connectivity index (χ4v) is 3.30. The molecular formula is C19H19ClN2O3. The molecule has 0 aromatic heterocycles. The predicted molar refractivity (Wildman–Crippen MR) is 96.9 cm³/mol. The molecule has 1 aliphatic heterocycles. The molecule has 1 heterocycles. The number of hydrogen-bond donors (Lipinski definition) is 1. The number of carbonyl (C=O) groups is 2. The van der Waals surface area contributed by atoms with Crippen molar-refractivity contribution in [3.63, 3.8) is 0 Å². The Bertz CT molecular complexity index is 822. The lowest BCUT2D eigenvalue weighted by Crippen LogP contribution is -2.36. The number of para-hydroxylation sites is 1. The number of amides is 2. The molecule has 0 bridgehead atoms. The summed E-state index contributed by atoms with van der Waals surface area (Å²) in [4.78, 5) is 26.5. The molecule has 2 aromatic rings. The Hall–Kier alpha value is -2.53. The van der Waals surface area contributed by atoms with Gasteiger partial charge in [0.2, 0.25) is 11.8 Å². The molecule has 0 aliphatic carbocycles. The van der Waals surface area contributed by atoms with E-state index in [0.29, 0.717) is 23.0 Å². The fourth-order valence-electron chi connectivity index (χ4n) is 3.10. The third kappa shape index (κ3) is 3.61. The SMILES string of the molecule is COc1ccc(Cl)cc1CN(C)C(=O)C1CC(=O)Nc2ccccc21. The van der Waals surface area contributed by atoms with Crippen LogP contribution in [0.1, 0.15) is 23.5 Å². The second-order valence-corrected chi connectivity index (χ2v) is 6.48. The van der Waals surface area contributed by atoms with E-state index in [4.69, 9.17) is 16.3 Å². The molecule has 1 atom stereocenters. The zero-order chi connectivity index (χ0) is 18.0.